The van der Waals surface area contributed by atoms with E-state index < -0.39 is 17.2 Å². The molecular formula is C13H10N4O3. The number of hydrogen-bond acceptors (Lipinski definition) is 6. The molecule has 2 aromatic rings. The highest BCUT2D eigenvalue weighted by Gasteiger charge is 2.19. The molecule has 7 heteroatoms. The van der Waals surface area contributed by atoms with Crippen LogP contribution >= 0.6 is 0 Å². The number of carbonyl (C=O) groups excluding carboxylic acids is 1. The molecule has 0 fully saturated rings. The van der Waals surface area contributed by atoms with Gasteiger partial charge in [0.2, 0.25) is 0 Å². The van der Waals surface area contributed by atoms with Crippen LogP contribution in [0.5, 0.6) is 0 Å². The van der Waals surface area contributed by atoms with E-state index in [0.29, 0.717) is 11.4 Å². The third kappa shape index (κ3) is 2.64. The van der Waals surface area contributed by atoms with Crippen LogP contribution in [-0.4, -0.2) is 21.2 Å². The van der Waals surface area contributed by atoms with Crippen LogP contribution in [0.4, 0.5) is 5.69 Å². The smallest absolute Gasteiger partial charge is 0.270 e. The number of aromatic nitrogens is 2. The van der Waals surface area contributed by atoms with Crippen molar-refractivity contribution in [3.05, 3.63) is 47.6 Å². The van der Waals surface area contributed by atoms with Gasteiger partial charge in [0, 0.05) is 18.1 Å². The molecule has 7 nitrogen and oxygen atoms in total. The highest BCUT2D eigenvalue weighted by molar-refractivity contribution is 6.10. The standard InChI is InChI=1S/C13H10N4O3/c1-8-11(7-16-20-8)12(18)10(6-14)13(19)17-9-2-4-15-5-3-9/h2-5,7,18H,1H3,(H,15,17,19)/b12-10-. The fraction of sp³-hybridized carbons (Fsp3) is 0.0769. The first kappa shape index (κ1) is 13.3. The number of aliphatic hydroxyl groups excluding tert-OH is 1. The van der Waals surface area contributed by atoms with Crippen LogP contribution in [0.3, 0.4) is 0 Å². The third-order valence-corrected chi connectivity index (χ3v) is 2.52. The van der Waals surface area contributed by atoms with Crippen LogP contribution in [0.25, 0.3) is 5.76 Å². The molecule has 0 spiro atoms. The average Bonchev–Trinajstić information content (AvgIpc) is 2.86. The van der Waals surface area contributed by atoms with Crippen molar-refractivity contribution in [3.8, 4) is 6.07 Å². The molecule has 0 saturated heterocycles. The zero-order valence-corrected chi connectivity index (χ0v) is 10.5. The number of nitrogens with zero attached hydrogens (tertiary/aromatic N) is 3. The Morgan fingerprint density at radius 3 is 2.70 bits per heavy atom. The van der Waals surface area contributed by atoms with Crippen molar-refractivity contribution >= 4 is 17.4 Å². The number of nitriles is 1. The largest absolute Gasteiger partial charge is 0.506 e. The lowest BCUT2D eigenvalue weighted by atomic mass is 10.1. The fourth-order valence-electron chi connectivity index (χ4n) is 1.50. The van der Waals surface area contributed by atoms with Crippen molar-refractivity contribution in [2.75, 3.05) is 5.32 Å². The Morgan fingerprint density at radius 2 is 2.15 bits per heavy atom. The van der Waals surface area contributed by atoms with Crippen molar-refractivity contribution in [1.82, 2.24) is 10.1 Å². The summed E-state index contributed by atoms with van der Waals surface area (Å²) in [5, 5.41) is 25.0. The van der Waals surface area contributed by atoms with Gasteiger partial charge in [-0.25, -0.2) is 0 Å². The van der Waals surface area contributed by atoms with Crippen LogP contribution in [-0.2, 0) is 4.79 Å². The Balaban J connectivity index is 2.31. The number of aliphatic hydroxyl groups is 1. The molecule has 20 heavy (non-hydrogen) atoms. The molecule has 0 unspecified atom stereocenters. The van der Waals surface area contributed by atoms with Crippen molar-refractivity contribution in [2.45, 2.75) is 6.92 Å². The van der Waals surface area contributed by atoms with Gasteiger partial charge in [-0.3, -0.25) is 9.78 Å². The van der Waals surface area contributed by atoms with E-state index in [-0.39, 0.29) is 5.56 Å². The fourth-order valence-corrected chi connectivity index (χ4v) is 1.50. The Bertz CT molecular complexity index is 698. The maximum atomic E-state index is 12.0. The molecule has 0 atom stereocenters. The SMILES string of the molecule is Cc1oncc1/C(O)=C(\C#N)C(=O)Nc1ccncc1. The Labute approximate surface area is 114 Å². The van der Waals surface area contributed by atoms with Crippen LogP contribution in [0.2, 0.25) is 0 Å². The molecular weight excluding hydrogens is 260 g/mol. The van der Waals surface area contributed by atoms with E-state index in [1.807, 2.05) is 0 Å². The molecule has 0 radical (unpaired) electrons. The zero-order chi connectivity index (χ0) is 14.5. The maximum Gasteiger partial charge on any atom is 0.270 e. The van der Waals surface area contributed by atoms with Gasteiger partial charge < -0.3 is 14.9 Å². The van der Waals surface area contributed by atoms with Gasteiger partial charge in [0.1, 0.15) is 11.8 Å². The summed E-state index contributed by atoms with van der Waals surface area (Å²) in [5.74, 6) is -0.887. The summed E-state index contributed by atoms with van der Waals surface area (Å²) in [6.45, 7) is 1.56. The van der Waals surface area contributed by atoms with Crippen molar-refractivity contribution in [1.29, 1.82) is 5.26 Å². The van der Waals surface area contributed by atoms with Crippen LogP contribution in [0.1, 0.15) is 11.3 Å². The van der Waals surface area contributed by atoms with E-state index in [1.54, 1.807) is 25.1 Å². The molecule has 2 heterocycles. The van der Waals surface area contributed by atoms with Gasteiger partial charge in [-0.1, -0.05) is 5.16 Å². The van der Waals surface area contributed by atoms with Gasteiger partial charge in [-0.15, -0.1) is 0 Å². The molecule has 1 amide bonds. The first-order valence-electron chi connectivity index (χ1n) is 5.60. The highest BCUT2D eigenvalue weighted by Crippen LogP contribution is 2.20. The van der Waals surface area contributed by atoms with Crippen LogP contribution in [0.15, 0.2) is 40.8 Å². The monoisotopic (exact) mass is 270 g/mol. The summed E-state index contributed by atoms with van der Waals surface area (Å²) in [5.41, 5.74) is 0.243. The number of amides is 1. The van der Waals surface area contributed by atoms with E-state index in [1.165, 1.54) is 18.6 Å². The Kier molecular flexibility index (Phi) is 3.77. The van der Waals surface area contributed by atoms with E-state index in [4.69, 9.17) is 9.78 Å². The number of aryl methyl sites for hydroxylation is 1. The highest BCUT2D eigenvalue weighted by atomic mass is 16.5. The van der Waals surface area contributed by atoms with Gasteiger partial charge in [0.05, 0.1) is 11.8 Å². The molecule has 2 N–H and O–H groups in total. The molecule has 0 saturated carbocycles. The molecule has 0 bridgehead atoms. The Morgan fingerprint density at radius 1 is 1.45 bits per heavy atom. The van der Waals surface area contributed by atoms with E-state index in [2.05, 4.69) is 15.5 Å². The van der Waals surface area contributed by atoms with E-state index in [0.717, 1.165) is 0 Å². The minimum Gasteiger partial charge on any atom is -0.506 e. The van der Waals surface area contributed by atoms with Gasteiger partial charge >= 0.3 is 0 Å². The van der Waals surface area contributed by atoms with E-state index in [9.17, 15) is 9.90 Å². The molecule has 2 rings (SSSR count). The molecule has 0 aliphatic rings. The summed E-state index contributed by atoms with van der Waals surface area (Å²) in [6.07, 6.45) is 4.23. The Hall–Kier alpha value is -3.14. The van der Waals surface area contributed by atoms with Gasteiger partial charge in [0.15, 0.2) is 11.3 Å². The number of pyridine rings is 1. The molecule has 100 valence electrons. The average molecular weight is 270 g/mol. The topological polar surface area (TPSA) is 112 Å². The summed E-state index contributed by atoms with van der Waals surface area (Å²) in [4.78, 5) is 15.8. The molecule has 0 aromatic carbocycles. The van der Waals surface area contributed by atoms with Crippen molar-refractivity contribution in [2.24, 2.45) is 0 Å². The van der Waals surface area contributed by atoms with Gasteiger partial charge in [-0.2, -0.15) is 5.26 Å². The summed E-state index contributed by atoms with van der Waals surface area (Å²) in [7, 11) is 0. The quantitative estimate of drug-likeness (QED) is 0.499. The lowest BCUT2D eigenvalue weighted by molar-refractivity contribution is -0.112. The molecule has 2 aromatic heterocycles. The second-order valence-corrected chi connectivity index (χ2v) is 3.82. The predicted molar refractivity (Wildman–Crippen MR) is 69.3 cm³/mol. The summed E-state index contributed by atoms with van der Waals surface area (Å²) < 4.78 is 4.78. The van der Waals surface area contributed by atoms with Crippen LogP contribution in [0, 0.1) is 18.3 Å². The number of rotatable bonds is 3. The number of carbonyl (C=O) groups is 1. The number of anilines is 1. The van der Waals surface area contributed by atoms with Crippen molar-refractivity contribution in [3.63, 3.8) is 0 Å². The lowest BCUT2D eigenvalue weighted by Crippen LogP contribution is -2.15. The number of nitrogens with one attached hydrogen (secondary N) is 1. The first-order valence-corrected chi connectivity index (χ1v) is 5.60. The minimum atomic E-state index is -0.725. The lowest BCUT2D eigenvalue weighted by Gasteiger charge is -2.05. The first-order chi connectivity index (χ1) is 9.63. The summed E-state index contributed by atoms with van der Waals surface area (Å²) >= 11 is 0. The molecule has 0 aliphatic heterocycles. The summed E-state index contributed by atoms with van der Waals surface area (Å²) in [6, 6.07) is 4.80. The molecule has 0 aliphatic carbocycles. The second kappa shape index (κ2) is 5.67. The second-order valence-electron chi connectivity index (χ2n) is 3.82. The third-order valence-electron chi connectivity index (χ3n) is 2.52. The van der Waals surface area contributed by atoms with Gasteiger partial charge in [0.25, 0.3) is 5.91 Å². The minimum absolute atomic E-state index is 0.200. The maximum absolute atomic E-state index is 12.0. The predicted octanol–water partition coefficient (Wildman–Crippen LogP) is 1.81. The number of hydrogen-bond donors (Lipinski definition) is 2. The van der Waals surface area contributed by atoms with E-state index >= 15 is 0 Å². The van der Waals surface area contributed by atoms with Gasteiger partial charge in [-0.05, 0) is 19.1 Å². The zero-order valence-electron chi connectivity index (χ0n) is 10.5. The normalized spacial score (nSPS) is 11.4. The van der Waals surface area contributed by atoms with Crippen molar-refractivity contribution < 1.29 is 14.4 Å². The van der Waals surface area contributed by atoms with Crippen LogP contribution < -0.4 is 5.32 Å².